The lowest BCUT2D eigenvalue weighted by Crippen LogP contribution is -2.40. The predicted octanol–water partition coefficient (Wildman–Crippen LogP) is 1.90. The highest BCUT2D eigenvalue weighted by molar-refractivity contribution is 7.18. The highest BCUT2D eigenvalue weighted by Gasteiger charge is 2.24. The van der Waals surface area contributed by atoms with Crippen molar-refractivity contribution in [2.24, 2.45) is 0 Å². The van der Waals surface area contributed by atoms with Crippen LogP contribution in [0.25, 0.3) is 10.2 Å². The Labute approximate surface area is 161 Å². The molecule has 0 saturated heterocycles. The molecule has 2 amide bonds. The Bertz CT molecular complexity index is 798. The van der Waals surface area contributed by atoms with Gasteiger partial charge in [0.15, 0.2) is 6.61 Å². The topological polar surface area (TPSA) is 88.6 Å². The van der Waals surface area contributed by atoms with E-state index in [1.807, 2.05) is 24.3 Å². The molecule has 8 heteroatoms. The molecule has 2 aromatic rings. The smallest absolute Gasteiger partial charge is 0.306 e. The number of thiazole rings is 1. The standard InChI is InChI=1S/C19H23N3O4S/c1-22(11-16(23)20-13-9-10-13)18(24)12-26-19(25)8-4-7-17-21-14-5-2-3-6-15(14)27-17/h2-3,5-6,13H,4,7-12H2,1H3,(H,20,23). The fourth-order valence-electron chi connectivity index (χ4n) is 2.54. The molecule has 0 atom stereocenters. The number of para-hydroxylation sites is 1. The second-order valence-corrected chi connectivity index (χ2v) is 7.80. The van der Waals surface area contributed by atoms with Gasteiger partial charge in [-0.05, 0) is 37.8 Å². The number of aryl methyl sites for hydroxylation is 1. The normalized spacial score (nSPS) is 13.4. The third-order valence-corrected chi connectivity index (χ3v) is 5.31. The number of nitrogens with one attached hydrogen (secondary N) is 1. The third kappa shape index (κ3) is 6.02. The predicted molar refractivity (Wildman–Crippen MR) is 102 cm³/mol. The van der Waals surface area contributed by atoms with E-state index in [-0.39, 0.29) is 37.4 Å². The van der Waals surface area contributed by atoms with Crippen molar-refractivity contribution < 1.29 is 19.1 Å². The third-order valence-electron chi connectivity index (χ3n) is 4.22. The number of esters is 1. The number of aromatic nitrogens is 1. The van der Waals surface area contributed by atoms with E-state index in [0.29, 0.717) is 12.8 Å². The van der Waals surface area contributed by atoms with Crippen LogP contribution in [0, 0.1) is 0 Å². The monoisotopic (exact) mass is 389 g/mol. The lowest BCUT2D eigenvalue weighted by atomic mass is 10.2. The number of carbonyl (C=O) groups excluding carboxylic acids is 3. The second-order valence-electron chi connectivity index (χ2n) is 6.68. The summed E-state index contributed by atoms with van der Waals surface area (Å²) in [4.78, 5) is 41.2. The van der Waals surface area contributed by atoms with Crippen LogP contribution in [0.15, 0.2) is 24.3 Å². The van der Waals surface area contributed by atoms with Gasteiger partial charge in [-0.15, -0.1) is 11.3 Å². The van der Waals surface area contributed by atoms with Crippen molar-refractivity contribution in [1.82, 2.24) is 15.2 Å². The zero-order valence-corrected chi connectivity index (χ0v) is 16.1. The molecule has 1 saturated carbocycles. The average Bonchev–Trinajstić information content (AvgIpc) is 3.35. The molecule has 0 bridgehead atoms. The first-order valence-electron chi connectivity index (χ1n) is 9.04. The second kappa shape index (κ2) is 8.94. The lowest BCUT2D eigenvalue weighted by Gasteiger charge is -2.16. The molecule has 1 heterocycles. The van der Waals surface area contributed by atoms with Gasteiger partial charge in [0.1, 0.15) is 0 Å². The zero-order chi connectivity index (χ0) is 19.2. The number of amides is 2. The SMILES string of the molecule is CN(CC(=O)NC1CC1)C(=O)COC(=O)CCCc1nc2ccccc2s1. The Hall–Kier alpha value is -2.48. The maximum absolute atomic E-state index is 11.9. The molecule has 1 aliphatic carbocycles. The summed E-state index contributed by atoms with van der Waals surface area (Å²) in [6.45, 7) is -0.363. The molecule has 1 aromatic heterocycles. The molecule has 1 fully saturated rings. The van der Waals surface area contributed by atoms with Crippen molar-refractivity contribution in [2.75, 3.05) is 20.2 Å². The van der Waals surface area contributed by atoms with Crippen molar-refractivity contribution in [2.45, 2.75) is 38.1 Å². The summed E-state index contributed by atoms with van der Waals surface area (Å²) in [6.07, 6.45) is 3.54. The Morgan fingerprint density at radius 3 is 2.81 bits per heavy atom. The van der Waals surface area contributed by atoms with Crippen LogP contribution >= 0.6 is 11.3 Å². The van der Waals surface area contributed by atoms with Gasteiger partial charge < -0.3 is 15.0 Å². The number of hydrogen-bond donors (Lipinski definition) is 1. The maximum Gasteiger partial charge on any atom is 0.306 e. The van der Waals surface area contributed by atoms with E-state index in [1.54, 1.807) is 11.3 Å². The average molecular weight is 389 g/mol. The fourth-order valence-corrected chi connectivity index (χ4v) is 3.55. The van der Waals surface area contributed by atoms with Gasteiger partial charge in [0.25, 0.3) is 5.91 Å². The van der Waals surface area contributed by atoms with Crippen LogP contribution in [-0.2, 0) is 25.5 Å². The number of fused-ring (bicyclic) bond motifs is 1. The molecule has 27 heavy (non-hydrogen) atoms. The van der Waals surface area contributed by atoms with Crippen LogP contribution < -0.4 is 5.32 Å². The van der Waals surface area contributed by atoms with E-state index in [1.165, 1.54) is 11.9 Å². The van der Waals surface area contributed by atoms with E-state index in [2.05, 4.69) is 10.3 Å². The van der Waals surface area contributed by atoms with Gasteiger partial charge in [-0.1, -0.05) is 12.1 Å². The van der Waals surface area contributed by atoms with Crippen LogP contribution in [0.1, 0.15) is 30.7 Å². The first-order valence-corrected chi connectivity index (χ1v) is 9.86. The highest BCUT2D eigenvalue weighted by Crippen LogP contribution is 2.22. The molecule has 7 nitrogen and oxygen atoms in total. The molecule has 1 aromatic carbocycles. The summed E-state index contributed by atoms with van der Waals surface area (Å²) in [5.41, 5.74) is 0.972. The van der Waals surface area contributed by atoms with Crippen LogP contribution in [0.2, 0.25) is 0 Å². The van der Waals surface area contributed by atoms with Gasteiger partial charge in [-0.25, -0.2) is 4.98 Å². The van der Waals surface area contributed by atoms with Gasteiger partial charge in [0.2, 0.25) is 5.91 Å². The van der Waals surface area contributed by atoms with Gasteiger partial charge >= 0.3 is 5.97 Å². The van der Waals surface area contributed by atoms with Crippen molar-refractivity contribution in [3.63, 3.8) is 0 Å². The summed E-state index contributed by atoms with van der Waals surface area (Å²) >= 11 is 1.62. The Balaban J connectivity index is 1.32. The van der Waals surface area contributed by atoms with Gasteiger partial charge in [-0.2, -0.15) is 0 Å². The summed E-state index contributed by atoms with van der Waals surface area (Å²) in [7, 11) is 1.52. The number of rotatable bonds is 9. The van der Waals surface area contributed by atoms with E-state index in [0.717, 1.165) is 28.1 Å². The molecule has 0 radical (unpaired) electrons. The van der Waals surface area contributed by atoms with Crippen molar-refractivity contribution >= 4 is 39.3 Å². The summed E-state index contributed by atoms with van der Waals surface area (Å²) < 4.78 is 6.15. The van der Waals surface area contributed by atoms with Crippen molar-refractivity contribution in [3.8, 4) is 0 Å². The van der Waals surface area contributed by atoms with E-state index in [4.69, 9.17) is 4.74 Å². The first-order chi connectivity index (χ1) is 13.0. The maximum atomic E-state index is 11.9. The van der Waals surface area contributed by atoms with E-state index in [9.17, 15) is 14.4 Å². The van der Waals surface area contributed by atoms with Crippen LogP contribution in [-0.4, -0.2) is 53.9 Å². The summed E-state index contributed by atoms with van der Waals surface area (Å²) in [6, 6.07) is 8.18. The number of ether oxygens (including phenoxy) is 1. The summed E-state index contributed by atoms with van der Waals surface area (Å²) in [5, 5.41) is 3.80. The van der Waals surface area contributed by atoms with E-state index >= 15 is 0 Å². The molecule has 3 rings (SSSR count). The first kappa shape index (κ1) is 19.3. The van der Waals surface area contributed by atoms with Gasteiger partial charge in [0.05, 0.1) is 21.8 Å². The van der Waals surface area contributed by atoms with E-state index < -0.39 is 5.97 Å². The molecule has 0 aliphatic heterocycles. The van der Waals surface area contributed by atoms with Crippen molar-refractivity contribution in [3.05, 3.63) is 29.3 Å². The minimum atomic E-state index is -0.416. The molecule has 0 unspecified atom stereocenters. The van der Waals surface area contributed by atoms with Crippen LogP contribution in [0.3, 0.4) is 0 Å². The Kier molecular flexibility index (Phi) is 6.39. The van der Waals surface area contributed by atoms with Crippen LogP contribution in [0.4, 0.5) is 0 Å². The quantitative estimate of drug-likeness (QED) is 0.662. The zero-order valence-electron chi connectivity index (χ0n) is 15.3. The number of likely N-dealkylation sites (N-methyl/N-ethyl adjacent to an activating group) is 1. The van der Waals surface area contributed by atoms with Crippen molar-refractivity contribution in [1.29, 1.82) is 0 Å². The Morgan fingerprint density at radius 1 is 1.30 bits per heavy atom. The number of benzene rings is 1. The minimum Gasteiger partial charge on any atom is -0.456 e. The molecule has 0 spiro atoms. The minimum absolute atomic E-state index is 0.0233. The molecular weight excluding hydrogens is 366 g/mol. The Morgan fingerprint density at radius 2 is 2.07 bits per heavy atom. The largest absolute Gasteiger partial charge is 0.456 e. The highest BCUT2D eigenvalue weighted by atomic mass is 32.1. The van der Waals surface area contributed by atoms with Gasteiger partial charge in [0, 0.05) is 19.5 Å². The number of nitrogens with zero attached hydrogens (tertiary/aromatic N) is 2. The summed E-state index contributed by atoms with van der Waals surface area (Å²) in [5.74, 6) is -0.990. The number of carbonyl (C=O) groups is 3. The fraction of sp³-hybridized carbons (Fsp3) is 0.474. The number of hydrogen-bond acceptors (Lipinski definition) is 6. The lowest BCUT2D eigenvalue weighted by molar-refractivity contribution is -0.152. The molecular formula is C19H23N3O4S. The molecule has 1 aliphatic rings. The molecule has 1 N–H and O–H groups in total. The van der Waals surface area contributed by atoms with Gasteiger partial charge in [-0.3, -0.25) is 14.4 Å². The van der Waals surface area contributed by atoms with Crippen LogP contribution in [0.5, 0.6) is 0 Å². The molecule has 144 valence electrons.